The number of rotatable bonds is 6. The summed E-state index contributed by atoms with van der Waals surface area (Å²) in [6.07, 6.45) is 3.44. The Morgan fingerprint density at radius 3 is 2.87 bits per heavy atom. The van der Waals surface area contributed by atoms with Crippen LogP contribution < -0.4 is 10.1 Å². The molecule has 2 rings (SSSR count). The lowest BCUT2D eigenvalue weighted by Gasteiger charge is -2.35. The highest BCUT2D eigenvalue weighted by atomic mass is 19.1. The number of carbonyl (C=O) groups is 1. The number of halogens is 1. The molecule has 6 heteroatoms. The van der Waals surface area contributed by atoms with E-state index in [-0.39, 0.29) is 30.6 Å². The van der Waals surface area contributed by atoms with Gasteiger partial charge in [-0.15, -0.1) is 0 Å². The number of piperidine rings is 1. The summed E-state index contributed by atoms with van der Waals surface area (Å²) >= 11 is 0. The van der Waals surface area contributed by atoms with Gasteiger partial charge in [-0.25, -0.2) is 9.18 Å². The average Bonchev–Trinajstić information content (AvgIpc) is 2.56. The molecule has 1 saturated heterocycles. The molecule has 2 atom stereocenters. The molecule has 2 unspecified atom stereocenters. The highest BCUT2D eigenvalue weighted by Gasteiger charge is 2.26. The van der Waals surface area contributed by atoms with Gasteiger partial charge in [-0.3, -0.25) is 0 Å². The van der Waals surface area contributed by atoms with E-state index in [4.69, 9.17) is 9.84 Å². The normalized spacial score (nSPS) is 19.3. The van der Waals surface area contributed by atoms with Crippen LogP contribution >= 0.6 is 0 Å². The van der Waals surface area contributed by atoms with Gasteiger partial charge in [-0.1, -0.05) is 0 Å². The summed E-state index contributed by atoms with van der Waals surface area (Å²) in [5.74, 6) is 0.266. The van der Waals surface area contributed by atoms with E-state index in [2.05, 4.69) is 5.32 Å². The van der Waals surface area contributed by atoms with Crippen LogP contribution in [0.5, 0.6) is 5.75 Å². The third kappa shape index (κ3) is 5.39. The van der Waals surface area contributed by atoms with Crippen LogP contribution in [0.2, 0.25) is 0 Å². The Balaban J connectivity index is 1.79. The molecule has 0 bridgehead atoms. The van der Waals surface area contributed by atoms with E-state index in [1.165, 1.54) is 12.1 Å². The van der Waals surface area contributed by atoms with Crippen LogP contribution in [-0.4, -0.2) is 47.9 Å². The number of urea groups is 1. The molecule has 1 heterocycles. The maximum Gasteiger partial charge on any atom is 0.317 e. The van der Waals surface area contributed by atoms with Crippen molar-refractivity contribution in [3.63, 3.8) is 0 Å². The number of benzene rings is 1. The lowest BCUT2D eigenvalue weighted by Crippen LogP contribution is -2.50. The molecule has 23 heavy (non-hydrogen) atoms. The topological polar surface area (TPSA) is 61.8 Å². The first kappa shape index (κ1) is 17.5. The predicted octanol–water partition coefficient (Wildman–Crippen LogP) is 2.54. The lowest BCUT2D eigenvalue weighted by atomic mass is 10.0. The van der Waals surface area contributed by atoms with Crippen molar-refractivity contribution in [2.75, 3.05) is 19.7 Å². The van der Waals surface area contributed by atoms with E-state index in [9.17, 15) is 9.18 Å². The molecule has 1 aliphatic rings. The molecular formula is C17H25FN2O3. The number of amides is 2. The number of carbonyl (C=O) groups excluding carboxylic acids is 1. The van der Waals surface area contributed by atoms with Gasteiger partial charge in [0.15, 0.2) is 0 Å². The Kier molecular flexibility index (Phi) is 6.65. The van der Waals surface area contributed by atoms with Crippen LogP contribution in [-0.2, 0) is 0 Å². The van der Waals surface area contributed by atoms with Crippen molar-refractivity contribution in [1.29, 1.82) is 0 Å². The molecule has 5 nitrogen and oxygen atoms in total. The van der Waals surface area contributed by atoms with Crippen molar-refractivity contribution < 1.29 is 19.0 Å². The zero-order chi connectivity index (χ0) is 16.7. The van der Waals surface area contributed by atoms with Crippen molar-refractivity contribution in [3.8, 4) is 5.75 Å². The van der Waals surface area contributed by atoms with E-state index >= 15 is 0 Å². The minimum atomic E-state index is -0.307. The van der Waals surface area contributed by atoms with E-state index in [1.54, 1.807) is 12.1 Å². The first-order valence-corrected chi connectivity index (χ1v) is 8.17. The third-order valence-electron chi connectivity index (χ3n) is 4.04. The zero-order valence-corrected chi connectivity index (χ0v) is 13.5. The quantitative estimate of drug-likeness (QED) is 0.845. The zero-order valence-electron chi connectivity index (χ0n) is 13.5. The fourth-order valence-electron chi connectivity index (χ4n) is 2.84. The number of ether oxygens (including phenoxy) is 1. The fourth-order valence-corrected chi connectivity index (χ4v) is 2.84. The first-order chi connectivity index (χ1) is 11.1. The molecule has 0 aliphatic carbocycles. The Bertz CT molecular complexity index is 493. The number of aliphatic hydroxyl groups excluding tert-OH is 1. The molecule has 128 valence electrons. The minimum absolute atomic E-state index is 0.0958. The summed E-state index contributed by atoms with van der Waals surface area (Å²) in [7, 11) is 0. The number of nitrogens with one attached hydrogen (secondary N) is 1. The second kappa shape index (κ2) is 8.72. The summed E-state index contributed by atoms with van der Waals surface area (Å²) in [6, 6.07) is 5.81. The summed E-state index contributed by atoms with van der Waals surface area (Å²) in [5, 5.41) is 12.0. The number of hydrogen-bond donors (Lipinski definition) is 2. The van der Waals surface area contributed by atoms with Crippen molar-refractivity contribution in [3.05, 3.63) is 30.1 Å². The van der Waals surface area contributed by atoms with Gasteiger partial charge in [0.05, 0.1) is 6.54 Å². The molecule has 1 fully saturated rings. The van der Waals surface area contributed by atoms with Gasteiger partial charge in [0.1, 0.15) is 17.7 Å². The average molecular weight is 324 g/mol. The Morgan fingerprint density at radius 2 is 2.17 bits per heavy atom. The molecule has 1 aromatic rings. The van der Waals surface area contributed by atoms with Gasteiger partial charge in [0, 0.05) is 19.2 Å². The van der Waals surface area contributed by atoms with Gasteiger partial charge in [-0.2, -0.15) is 0 Å². The Hall–Kier alpha value is -1.82. The lowest BCUT2D eigenvalue weighted by molar-refractivity contribution is 0.127. The molecular weight excluding hydrogens is 299 g/mol. The number of hydrogen-bond acceptors (Lipinski definition) is 3. The third-order valence-corrected chi connectivity index (χ3v) is 4.04. The minimum Gasteiger partial charge on any atom is -0.489 e. The molecule has 1 aliphatic heterocycles. The largest absolute Gasteiger partial charge is 0.489 e. The predicted molar refractivity (Wildman–Crippen MR) is 85.9 cm³/mol. The van der Waals surface area contributed by atoms with E-state index < -0.39 is 0 Å². The van der Waals surface area contributed by atoms with Crippen LogP contribution in [0.15, 0.2) is 24.3 Å². The molecule has 2 N–H and O–H groups in total. The molecule has 0 spiro atoms. The highest BCUT2D eigenvalue weighted by Crippen LogP contribution is 2.19. The van der Waals surface area contributed by atoms with Crippen LogP contribution in [0.3, 0.4) is 0 Å². The second-order valence-corrected chi connectivity index (χ2v) is 5.92. The molecule has 2 amide bonds. The summed E-state index contributed by atoms with van der Waals surface area (Å²) in [4.78, 5) is 14.1. The molecule has 0 radical (unpaired) electrons. The van der Waals surface area contributed by atoms with Gasteiger partial charge < -0.3 is 20.1 Å². The Morgan fingerprint density at radius 1 is 1.43 bits per heavy atom. The van der Waals surface area contributed by atoms with E-state index in [1.807, 2.05) is 11.8 Å². The van der Waals surface area contributed by atoms with Gasteiger partial charge in [-0.05, 0) is 56.9 Å². The number of nitrogens with zero attached hydrogens (tertiary/aromatic N) is 1. The van der Waals surface area contributed by atoms with Crippen LogP contribution in [0.4, 0.5) is 9.18 Å². The van der Waals surface area contributed by atoms with Crippen molar-refractivity contribution >= 4 is 6.03 Å². The van der Waals surface area contributed by atoms with Crippen LogP contribution in [0, 0.1) is 5.82 Å². The van der Waals surface area contributed by atoms with E-state index in [0.717, 1.165) is 25.8 Å². The highest BCUT2D eigenvalue weighted by molar-refractivity contribution is 5.74. The maximum absolute atomic E-state index is 12.8. The molecule has 0 aromatic heterocycles. The molecule has 1 aromatic carbocycles. The van der Waals surface area contributed by atoms with Crippen molar-refractivity contribution in [2.24, 2.45) is 0 Å². The number of aliphatic hydroxyl groups is 1. The smallest absolute Gasteiger partial charge is 0.317 e. The van der Waals surface area contributed by atoms with Gasteiger partial charge >= 0.3 is 6.03 Å². The van der Waals surface area contributed by atoms with Gasteiger partial charge in [0.2, 0.25) is 0 Å². The van der Waals surface area contributed by atoms with Crippen LogP contribution in [0.25, 0.3) is 0 Å². The Labute approximate surface area is 136 Å². The van der Waals surface area contributed by atoms with E-state index in [0.29, 0.717) is 18.7 Å². The monoisotopic (exact) mass is 324 g/mol. The summed E-state index contributed by atoms with van der Waals surface area (Å²) < 4.78 is 18.5. The summed E-state index contributed by atoms with van der Waals surface area (Å²) in [6.45, 7) is 3.05. The number of likely N-dealkylation sites (tertiary alicyclic amines) is 1. The first-order valence-electron chi connectivity index (χ1n) is 8.17. The fraction of sp³-hybridized carbons (Fsp3) is 0.588. The molecule has 0 saturated carbocycles. The standard InChI is InChI=1S/C17H25FN2O3/c1-13(23-16-7-5-14(18)6-8-16)12-19-17(22)20-10-3-2-4-15(20)9-11-21/h5-8,13,15,21H,2-4,9-12H2,1H3,(H,19,22). The van der Waals surface area contributed by atoms with Crippen molar-refractivity contribution in [2.45, 2.75) is 44.8 Å². The SMILES string of the molecule is CC(CNC(=O)N1CCCCC1CCO)Oc1ccc(F)cc1. The van der Waals surface area contributed by atoms with Gasteiger partial charge in [0.25, 0.3) is 0 Å². The second-order valence-electron chi connectivity index (χ2n) is 5.92. The maximum atomic E-state index is 12.8. The van der Waals surface area contributed by atoms with Crippen molar-refractivity contribution in [1.82, 2.24) is 10.2 Å². The van der Waals surface area contributed by atoms with Crippen LogP contribution in [0.1, 0.15) is 32.6 Å². The summed E-state index contributed by atoms with van der Waals surface area (Å²) in [5.41, 5.74) is 0.